The number of ketones is 1. The summed E-state index contributed by atoms with van der Waals surface area (Å²) in [6.45, 7) is 8.19. The molecular weight excluding hydrogens is 348 g/mol. The van der Waals surface area contributed by atoms with Crippen LogP contribution in [-0.2, 0) is 19.1 Å². The molecular formula is C21H34O4S. The van der Waals surface area contributed by atoms with Crippen LogP contribution < -0.4 is 0 Å². The average Bonchev–Trinajstić information content (AvgIpc) is 3.17. The Morgan fingerprint density at radius 1 is 1.15 bits per heavy atom. The monoisotopic (exact) mass is 382 g/mol. The van der Waals surface area contributed by atoms with Gasteiger partial charge in [0, 0.05) is 17.3 Å². The molecule has 0 aromatic carbocycles. The van der Waals surface area contributed by atoms with Crippen LogP contribution in [-0.4, -0.2) is 26.1 Å². The van der Waals surface area contributed by atoms with Gasteiger partial charge in [-0.25, -0.2) is 0 Å². The van der Waals surface area contributed by atoms with Crippen molar-refractivity contribution in [3.63, 3.8) is 0 Å². The minimum Gasteiger partial charge on any atom is -0.299 e. The second kappa shape index (κ2) is 6.16. The van der Waals surface area contributed by atoms with E-state index >= 15 is 0 Å². The molecule has 0 N–H and O–H groups in total. The second-order valence-corrected chi connectivity index (χ2v) is 11.5. The zero-order valence-electron chi connectivity index (χ0n) is 17.0. The van der Waals surface area contributed by atoms with Crippen LogP contribution in [0.5, 0.6) is 0 Å². The summed E-state index contributed by atoms with van der Waals surface area (Å²) in [5, 5.41) is 0. The molecule has 3 rings (SSSR count). The molecule has 2 fully saturated rings. The zero-order valence-corrected chi connectivity index (χ0v) is 17.8. The molecule has 2 saturated carbocycles. The number of carbonyl (C=O) groups is 1. The first kappa shape index (κ1) is 20.1. The molecule has 2 atom stereocenters. The molecule has 0 unspecified atom stereocenters. The van der Waals surface area contributed by atoms with E-state index in [2.05, 4.69) is 19.9 Å². The molecule has 3 aliphatic carbocycles. The summed E-state index contributed by atoms with van der Waals surface area (Å²) < 4.78 is 28.1. The van der Waals surface area contributed by atoms with Gasteiger partial charge in [0.15, 0.2) is 0 Å². The van der Waals surface area contributed by atoms with Crippen LogP contribution >= 0.6 is 0 Å². The molecule has 0 aliphatic heterocycles. The number of rotatable bonds is 7. The van der Waals surface area contributed by atoms with Crippen molar-refractivity contribution in [1.82, 2.24) is 0 Å². The first-order valence-electron chi connectivity index (χ1n) is 9.99. The molecule has 0 radical (unpaired) electrons. The van der Waals surface area contributed by atoms with Crippen molar-refractivity contribution in [2.75, 3.05) is 6.26 Å². The van der Waals surface area contributed by atoms with Crippen LogP contribution in [0.15, 0.2) is 11.6 Å². The van der Waals surface area contributed by atoms with E-state index in [-0.39, 0.29) is 16.2 Å². The lowest BCUT2D eigenvalue weighted by molar-refractivity contribution is -0.136. The number of carbonyl (C=O) groups excluding carboxylic acids is 1. The van der Waals surface area contributed by atoms with Gasteiger partial charge < -0.3 is 0 Å². The topological polar surface area (TPSA) is 60.4 Å². The highest BCUT2D eigenvalue weighted by atomic mass is 32.2. The highest BCUT2D eigenvalue weighted by Crippen LogP contribution is 2.70. The quantitative estimate of drug-likeness (QED) is 0.469. The van der Waals surface area contributed by atoms with Gasteiger partial charge in [0.05, 0.1) is 11.9 Å². The van der Waals surface area contributed by atoms with Crippen molar-refractivity contribution in [2.24, 2.45) is 16.2 Å². The molecule has 26 heavy (non-hydrogen) atoms. The molecule has 148 valence electrons. The summed E-state index contributed by atoms with van der Waals surface area (Å²) in [7, 11) is -3.44. The summed E-state index contributed by atoms with van der Waals surface area (Å²) in [5.41, 5.74) is 0.910. The number of hydrogen-bond donors (Lipinski definition) is 0. The molecule has 0 saturated heterocycles. The van der Waals surface area contributed by atoms with Crippen molar-refractivity contribution in [3.05, 3.63) is 11.6 Å². The third kappa shape index (κ3) is 3.42. The van der Waals surface area contributed by atoms with E-state index in [1.165, 1.54) is 18.4 Å². The lowest BCUT2D eigenvalue weighted by atomic mass is 9.54. The minimum atomic E-state index is -3.44. The molecule has 4 nitrogen and oxygen atoms in total. The standard InChI is InChI=1S/C21H34O4S/c1-18(2,25-26(5,23)24)10-7-12-21(14-15-21)16-9-13-20(4)17(22)8-6-11-19(16,20)3/h9H,6-8,10-15H2,1-5H3/t19-,20+/m1/s1. The number of allylic oxidation sites excluding steroid dienone is 2. The van der Waals surface area contributed by atoms with Gasteiger partial charge in [-0.2, -0.15) is 8.42 Å². The summed E-state index contributed by atoms with van der Waals surface area (Å²) >= 11 is 0. The molecule has 0 heterocycles. The van der Waals surface area contributed by atoms with E-state index in [1.54, 1.807) is 0 Å². The maximum absolute atomic E-state index is 12.7. The molecule has 0 bridgehead atoms. The predicted molar refractivity (Wildman–Crippen MR) is 103 cm³/mol. The summed E-state index contributed by atoms with van der Waals surface area (Å²) in [5.74, 6) is 0.441. The van der Waals surface area contributed by atoms with Crippen molar-refractivity contribution in [2.45, 2.75) is 91.1 Å². The van der Waals surface area contributed by atoms with Gasteiger partial charge in [0.1, 0.15) is 5.78 Å². The Bertz CT molecular complexity index is 729. The largest absolute Gasteiger partial charge is 0.299 e. The van der Waals surface area contributed by atoms with Crippen LogP contribution in [0.2, 0.25) is 0 Å². The molecule has 0 spiro atoms. The van der Waals surface area contributed by atoms with Crippen molar-refractivity contribution < 1.29 is 17.4 Å². The Morgan fingerprint density at radius 2 is 1.81 bits per heavy atom. The van der Waals surface area contributed by atoms with Crippen LogP contribution in [0, 0.1) is 16.2 Å². The highest BCUT2D eigenvalue weighted by Gasteiger charge is 2.62. The molecule has 0 aromatic rings. The highest BCUT2D eigenvalue weighted by molar-refractivity contribution is 7.86. The van der Waals surface area contributed by atoms with Gasteiger partial charge in [-0.05, 0) is 70.6 Å². The Hall–Kier alpha value is -0.680. The maximum Gasteiger partial charge on any atom is 0.264 e. The lowest BCUT2D eigenvalue weighted by Gasteiger charge is -2.48. The van der Waals surface area contributed by atoms with E-state index in [0.29, 0.717) is 5.78 Å². The van der Waals surface area contributed by atoms with E-state index in [4.69, 9.17) is 4.18 Å². The lowest BCUT2D eigenvalue weighted by Crippen LogP contribution is -2.46. The number of hydrogen-bond acceptors (Lipinski definition) is 4. The van der Waals surface area contributed by atoms with Crippen molar-refractivity contribution in [1.29, 1.82) is 0 Å². The first-order chi connectivity index (χ1) is 11.8. The third-order valence-electron chi connectivity index (χ3n) is 7.46. The van der Waals surface area contributed by atoms with Crippen LogP contribution in [0.3, 0.4) is 0 Å². The molecule has 3 aliphatic rings. The van der Waals surface area contributed by atoms with Gasteiger partial charge in [-0.3, -0.25) is 8.98 Å². The van der Waals surface area contributed by atoms with E-state index in [1.807, 2.05) is 13.8 Å². The Labute approximate surface area is 158 Å². The predicted octanol–water partition coefficient (Wildman–Crippen LogP) is 4.79. The fourth-order valence-corrected chi connectivity index (χ4v) is 6.58. The maximum atomic E-state index is 12.7. The Kier molecular flexibility index (Phi) is 4.76. The number of Topliss-reactive ketones (excluding diaryl/α,β-unsaturated/α-hetero) is 1. The summed E-state index contributed by atoms with van der Waals surface area (Å²) in [6.07, 6.45) is 12.4. The van der Waals surface area contributed by atoms with E-state index in [0.717, 1.165) is 51.2 Å². The van der Waals surface area contributed by atoms with E-state index < -0.39 is 15.7 Å². The Balaban J connectivity index is 1.68. The Morgan fingerprint density at radius 3 is 2.38 bits per heavy atom. The third-order valence-corrected chi connectivity index (χ3v) is 8.21. The van der Waals surface area contributed by atoms with Gasteiger partial charge in [-0.1, -0.05) is 25.5 Å². The molecule has 5 heteroatoms. The van der Waals surface area contributed by atoms with Crippen LogP contribution in [0.1, 0.15) is 85.5 Å². The normalized spacial score (nSPS) is 33.7. The fourth-order valence-electron chi connectivity index (χ4n) is 5.68. The van der Waals surface area contributed by atoms with E-state index in [9.17, 15) is 13.2 Å². The smallest absolute Gasteiger partial charge is 0.264 e. The second-order valence-electron chi connectivity index (χ2n) is 9.94. The SMILES string of the molecule is CC(C)(CCCC1(C2=CC[C@@]3(C)C(=O)CCC[C@]23C)CC1)OS(C)(=O)=O. The van der Waals surface area contributed by atoms with Crippen molar-refractivity contribution in [3.8, 4) is 0 Å². The average molecular weight is 383 g/mol. The molecule has 0 amide bonds. The summed E-state index contributed by atoms with van der Waals surface area (Å²) in [6, 6.07) is 0. The minimum absolute atomic E-state index is 0.0115. The van der Waals surface area contributed by atoms with Gasteiger partial charge in [0.2, 0.25) is 0 Å². The summed E-state index contributed by atoms with van der Waals surface area (Å²) in [4.78, 5) is 12.7. The fraction of sp³-hybridized carbons (Fsp3) is 0.857. The molecule has 0 aromatic heterocycles. The van der Waals surface area contributed by atoms with Crippen LogP contribution in [0.25, 0.3) is 0 Å². The number of fused-ring (bicyclic) bond motifs is 1. The van der Waals surface area contributed by atoms with Gasteiger partial charge >= 0.3 is 0 Å². The van der Waals surface area contributed by atoms with Gasteiger partial charge in [-0.15, -0.1) is 0 Å². The van der Waals surface area contributed by atoms with Crippen LogP contribution in [0.4, 0.5) is 0 Å². The van der Waals surface area contributed by atoms with Gasteiger partial charge in [0.25, 0.3) is 10.1 Å². The zero-order chi connectivity index (χ0) is 19.4. The van der Waals surface area contributed by atoms with Crippen molar-refractivity contribution >= 4 is 15.9 Å². The first-order valence-corrected chi connectivity index (χ1v) is 11.8.